The summed E-state index contributed by atoms with van der Waals surface area (Å²) in [5.41, 5.74) is 0. The van der Waals surface area contributed by atoms with E-state index in [1.54, 1.807) is 6.92 Å². The molecule has 0 spiro atoms. The van der Waals surface area contributed by atoms with Crippen LogP contribution in [0.3, 0.4) is 0 Å². The van der Waals surface area contributed by atoms with Crippen molar-refractivity contribution in [3.8, 4) is 0 Å². The molecule has 0 radical (unpaired) electrons. The normalized spacial score (nSPS) is 8.75. The van der Waals surface area contributed by atoms with E-state index in [0.717, 1.165) is 12.8 Å². The average molecular weight is 187 g/mol. The van der Waals surface area contributed by atoms with Crippen molar-refractivity contribution in [2.45, 2.75) is 26.2 Å². The minimum absolute atomic E-state index is 0.135. The van der Waals surface area contributed by atoms with Crippen LogP contribution in [-0.2, 0) is 9.53 Å². The van der Waals surface area contributed by atoms with Crippen molar-refractivity contribution in [2.24, 2.45) is 4.99 Å². The Bertz CT molecular complexity index is 176. The fourth-order valence-electron chi connectivity index (χ4n) is 0.739. The SMILES string of the molecule is CCOC(=O)CCCCN=C=S. The maximum absolute atomic E-state index is 10.8. The van der Waals surface area contributed by atoms with Crippen molar-refractivity contribution in [2.75, 3.05) is 13.2 Å². The highest BCUT2D eigenvalue weighted by atomic mass is 32.1. The number of carbonyl (C=O) groups is 1. The number of hydrogen-bond acceptors (Lipinski definition) is 4. The minimum atomic E-state index is -0.135. The molecule has 0 aliphatic rings. The molecule has 0 unspecified atom stereocenters. The lowest BCUT2D eigenvalue weighted by atomic mass is 10.2. The van der Waals surface area contributed by atoms with E-state index in [-0.39, 0.29) is 5.97 Å². The van der Waals surface area contributed by atoms with Crippen molar-refractivity contribution < 1.29 is 9.53 Å². The molecule has 0 aliphatic heterocycles. The second-order valence-electron chi connectivity index (χ2n) is 2.24. The van der Waals surface area contributed by atoms with E-state index in [0.29, 0.717) is 19.6 Å². The van der Waals surface area contributed by atoms with Crippen molar-refractivity contribution in [3.05, 3.63) is 0 Å². The second-order valence-corrected chi connectivity index (χ2v) is 2.42. The number of isothiocyanates is 1. The first-order valence-electron chi connectivity index (χ1n) is 4.00. The molecule has 0 atom stereocenters. The maximum atomic E-state index is 10.8. The predicted molar refractivity (Wildman–Crippen MR) is 50.4 cm³/mol. The topological polar surface area (TPSA) is 38.7 Å². The molecule has 3 nitrogen and oxygen atoms in total. The third kappa shape index (κ3) is 7.38. The summed E-state index contributed by atoms with van der Waals surface area (Å²) < 4.78 is 4.74. The Morgan fingerprint density at radius 1 is 1.58 bits per heavy atom. The fourth-order valence-corrected chi connectivity index (χ4v) is 0.830. The zero-order chi connectivity index (χ0) is 9.23. The summed E-state index contributed by atoms with van der Waals surface area (Å²) in [6.45, 7) is 2.91. The van der Waals surface area contributed by atoms with Crippen LogP contribution in [0.5, 0.6) is 0 Å². The Kier molecular flexibility index (Phi) is 7.86. The van der Waals surface area contributed by atoms with Crippen LogP contribution in [0.15, 0.2) is 4.99 Å². The van der Waals surface area contributed by atoms with E-state index in [2.05, 4.69) is 22.4 Å². The number of aliphatic imine (C=N–C) groups is 1. The van der Waals surface area contributed by atoms with Crippen LogP contribution in [0.4, 0.5) is 0 Å². The summed E-state index contributed by atoms with van der Waals surface area (Å²) in [6, 6.07) is 0. The summed E-state index contributed by atoms with van der Waals surface area (Å²) in [7, 11) is 0. The molecule has 0 N–H and O–H groups in total. The molecule has 4 heteroatoms. The number of unbranched alkanes of at least 4 members (excludes halogenated alkanes) is 1. The molecule has 0 rings (SSSR count). The van der Waals surface area contributed by atoms with Gasteiger partial charge in [0, 0.05) is 13.0 Å². The van der Waals surface area contributed by atoms with Crippen molar-refractivity contribution in [3.63, 3.8) is 0 Å². The Balaban J connectivity index is 3.19. The summed E-state index contributed by atoms with van der Waals surface area (Å²) in [4.78, 5) is 14.5. The van der Waals surface area contributed by atoms with Gasteiger partial charge in [-0.05, 0) is 32.0 Å². The molecule has 12 heavy (non-hydrogen) atoms. The smallest absolute Gasteiger partial charge is 0.305 e. The van der Waals surface area contributed by atoms with Crippen LogP contribution in [0.1, 0.15) is 26.2 Å². The van der Waals surface area contributed by atoms with Crippen LogP contribution in [0.25, 0.3) is 0 Å². The fraction of sp³-hybridized carbons (Fsp3) is 0.750. The molecule has 0 fully saturated rings. The van der Waals surface area contributed by atoms with Gasteiger partial charge < -0.3 is 4.74 Å². The van der Waals surface area contributed by atoms with Crippen LogP contribution in [0, 0.1) is 0 Å². The number of ether oxygens (including phenoxy) is 1. The van der Waals surface area contributed by atoms with Crippen LogP contribution >= 0.6 is 12.2 Å². The largest absolute Gasteiger partial charge is 0.466 e. The second kappa shape index (κ2) is 8.37. The minimum Gasteiger partial charge on any atom is -0.466 e. The summed E-state index contributed by atoms with van der Waals surface area (Å²) >= 11 is 4.39. The molecule has 0 aromatic carbocycles. The van der Waals surface area contributed by atoms with Crippen LogP contribution in [-0.4, -0.2) is 24.3 Å². The molecule has 0 saturated carbocycles. The third-order valence-electron chi connectivity index (χ3n) is 1.27. The number of rotatable bonds is 6. The monoisotopic (exact) mass is 187 g/mol. The highest BCUT2D eigenvalue weighted by Gasteiger charge is 1.99. The summed E-state index contributed by atoms with van der Waals surface area (Å²) in [5, 5.41) is 2.27. The van der Waals surface area contributed by atoms with Crippen LogP contribution < -0.4 is 0 Å². The van der Waals surface area contributed by atoms with Gasteiger partial charge in [-0.25, -0.2) is 4.99 Å². The van der Waals surface area contributed by atoms with Crippen molar-refractivity contribution >= 4 is 23.3 Å². The van der Waals surface area contributed by atoms with Crippen LogP contribution in [0.2, 0.25) is 0 Å². The molecule has 0 aromatic rings. The number of thiocarbonyl (C=S) groups is 1. The average Bonchev–Trinajstić information content (AvgIpc) is 2.05. The van der Waals surface area contributed by atoms with Gasteiger partial charge in [-0.3, -0.25) is 4.79 Å². The van der Waals surface area contributed by atoms with E-state index in [9.17, 15) is 4.79 Å². The van der Waals surface area contributed by atoms with Gasteiger partial charge in [-0.2, -0.15) is 0 Å². The molecule has 0 amide bonds. The first kappa shape index (κ1) is 11.3. The number of nitrogens with zero attached hydrogens (tertiary/aromatic N) is 1. The number of carbonyl (C=O) groups excluding carboxylic acids is 1. The first-order valence-corrected chi connectivity index (χ1v) is 4.41. The molecular formula is C8H13NO2S. The highest BCUT2D eigenvalue weighted by Crippen LogP contribution is 1.97. The molecule has 0 saturated heterocycles. The van der Waals surface area contributed by atoms with E-state index in [1.165, 1.54) is 0 Å². The van der Waals surface area contributed by atoms with E-state index in [4.69, 9.17) is 4.74 Å². The molecular weight excluding hydrogens is 174 g/mol. The number of esters is 1. The van der Waals surface area contributed by atoms with Gasteiger partial charge in [0.1, 0.15) is 0 Å². The van der Waals surface area contributed by atoms with Gasteiger partial charge in [0.25, 0.3) is 0 Å². The van der Waals surface area contributed by atoms with Gasteiger partial charge in [0.05, 0.1) is 11.8 Å². The molecule has 0 heterocycles. The third-order valence-corrected chi connectivity index (χ3v) is 1.40. The Morgan fingerprint density at radius 3 is 2.92 bits per heavy atom. The van der Waals surface area contributed by atoms with Crippen molar-refractivity contribution in [1.82, 2.24) is 0 Å². The quantitative estimate of drug-likeness (QED) is 0.275. The van der Waals surface area contributed by atoms with E-state index < -0.39 is 0 Å². The van der Waals surface area contributed by atoms with Gasteiger partial charge in [0.2, 0.25) is 0 Å². The zero-order valence-electron chi connectivity index (χ0n) is 7.21. The summed E-state index contributed by atoms with van der Waals surface area (Å²) in [6.07, 6.45) is 2.14. The van der Waals surface area contributed by atoms with Gasteiger partial charge in [-0.15, -0.1) is 0 Å². The van der Waals surface area contributed by atoms with E-state index in [1.807, 2.05) is 0 Å². The standard InChI is InChI=1S/C8H13NO2S/c1-2-11-8(10)5-3-4-6-9-7-12/h2-6H2,1H3. The molecule has 0 bridgehead atoms. The lowest BCUT2D eigenvalue weighted by Crippen LogP contribution is -2.03. The maximum Gasteiger partial charge on any atom is 0.305 e. The molecule has 68 valence electrons. The lowest BCUT2D eigenvalue weighted by molar-refractivity contribution is -0.143. The Morgan fingerprint density at radius 2 is 2.33 bits per heavy atom. The lowest BCUT2D eigenvalue weighted by Gasteiger charge is -1.99. The predicted octanol–water partition coefficient (Wildman–Crippen LogP) is 1.82. The van der Waals surface area contributed by atoms with Crippen molar-refractivity contribution in [1.29, 1.82) is 0 Å². The van der Waals surface area contributed by atoms with Gasteiger partial charge in [-0.1, -0.05) is 0 Å². The number of hydrogen-bond donors (Lipinski definition) is 0. The summed E-state index contributed by atoms with van der Waals surface area (Å²) in [5.74, 6) is -0.135. The van der Waals surface area contributed by atoms with Gasteiger partial charge in [0.15, 0.2) is 0 Å². The van der Waals surface area contributed by atoms with Gasteiger partial charge >= 0.3 is 5.97 Å². The zero-order valence-corrected chi connectivity index (χ0v) is 8.02. The molecule has 0 aromatic heterocycles. The Hall–Kier alpha value is -0.730. The van der Waals surface area contributed by atoms with E-state index >= 15 is 0 Å². The molecule has 0 aliphatic carbocycles. The first-order chi connectivity index (χ1) is 5.81. The Labute approximate surface area is 77.8 Å². The highest BCUT2D eigenvalue weighted by molar-refractivity contribution is 7.78.